The number of nitriles is 1. The number of carboxylic acid groups (broad SMARTS) is 1. The lowest BCUT2D eigenvalue weighted by molar-refractivity contribution is -0.140. The van der Waals surface area contributed by atoms with Crippen molar-refractivity contribution < 1.29 is 9.90 Å². The highest BCUT2D eigenvalue weighted by Gasteiger charge is 2.37. The highest BCUT2D eigenvalue weighted by atomic mass is 32.2. The molecular weight excluding hydrogens is 210 g/mol. The summed E-state index contributed by atoms with van der Waals surface area (Å²) in [5.74, 6) is -0.854. The van der Waals surface area contributed by atoms with E-state index in [2.05, 4.69) is 6.92 Å². The van der Waals surface area contributed by atoms with E-state index < -0.39 is 10.7 Å². The molecule has 0 amide bonds. The van der Waals surface area contributed by atoms with Crippen molar-refractivity contribution in [3.05, 3.63) is 0 Å². The summed E-state index contributed by atoms with van der Waals surface area (Å²) in [5.41, 5.74) is 0. The number of nitrogens with zero attached hydrogens (tertiary/aromatic N) is 1. The predicted molar refractivity (Wildman–Crippen MR) is 62.6 cm³/mol. The van der Waals surface area contributed by atoms with E-state index in [-0.39, 0.29) is 0 Å². The Kier molecular flexibility index (Phi) is 7.23. The van der Waals surface area contributed by atoms with Crippen molar-refractivity contribution >= 4 is 17.7 Å². The molecule has 3 nitrogen and oxygen atoms in total. The first-order chi connectivity index (χ1) is 7.13. The van der Waals surface area contributed by atoms with Gasteiger partial charge in [-0.3, -0.25) is 4.79 Å². The second kappa shape index (κ2) is 7.58. The molecule has 0 fully saturated rings. The van der Waals surface area contributed by atoms with Crippen LogP contribution in [0.15, 0.2) is 0 Å². The third kappa shape index (κ3) is 4.57. The Morgan fingerprint density at radius 1 is 1.40 bits per heavy atom. The summed E-state index contributed by atoms with van der Waals surface area (Å²) in [4.78, 5) is 11.1. The molecule has 0 saturated heterocycles. The molecule has 0 aliphatic carbocycles. The van der Waals surface area contributed by atoms with E-state index >= 15 is 0 Å². The van der Waals surface area contributed by atoms with Crippen LogP contribution in [0.5, 0.6) is 0 Å². The van der Waals surface area contributed by atoms with Crippen molar-refractivity contribution in [1.29, 1.82) is 5.26 Å². The highest BCUT2D eigenvalue weighted by molar-refractivity contribution is 8.05. The van der Waals surface area contributed by atoms with Gasteiger partial charge < -0.3 is 5.11 Å². The summed E-state index contributed by atoms with van der Waals surface area (Å²) in [6, 6.07) is 0. The summed E-state index contributed by atoms with van der Waals surface area (Å²) < 4.78 is -0.886. The molecule has 0 aliphatic heterocycles. The average molecular weight is 229 g/mol. The van der Waals surface area contributed by atoms with E-state index in [0.29, 0.717) is 12.8 Å². The molecule has 0 saturated carbocycles. The summed E-state index contributed by atoms with van der Waals surface area (Å²) >= 11 is 0.896. The molecule has 0 aromatic rings. The van der Waals surface area contributed by atoms with E-state index in [1.54, 1.807) is 0 Å². The molecule has 0 aromatic carbocycles. The Bertz CT molecular complexity index is 237. The maximum atomic E-state index is 11.1. The molecule has 15 heavy (non-hydrogen) atoms. The minimum Gasteiger partial charge on any atom is -0.480 e. The van der Waals surface area contributed by atoms with Crippen LogP contribution in [0.3, 0.4) is 0 Å². The van der Waals surface area contributed by atoms with Crippen LogP contribution in [0.4, 0.5) is 0 Å². The van der Waals surface area contributed by atoms with Gasteiger partial charge in [0.25, 0.3) is 0 Å². The lowest BCUT2D eigenvalue weighted by Crippen LogP contribution is -2.33. The quantitative estimate of drug-likeness (QED) is 0.512. The monoisotopic (exact) mass is 229 g/mol. The third-order valence-corrected chi connectivity index (χ3v) is 3.79. The second-order valence-electron chi connectivity index (χ2n) is 3.66. The number of hydrogen-bond donors (Lipinski definition) is 1. The lowest BCUT2D eigenvalue weighted by atomic mass is 9.97. The number of carboxylic acids is 1. The number of rotatable bonds is 8. The Hall–Kier alpha value is -0.690. The number of unbranched alkanes of at least 4 members (excludes halogenated alkanes) is 3. The van der Waals surface area contributed by atoms with Crippen LogP contribution in [0.2, 0.25) is 0 Å². The standard InChI is InChI=1S/C11H19NO2S/c1-3-5-6-7-8-11(4-2,10(13)14)15-9-12/h3-8H2,1-2H3,(H,13,14). The number of aliphatic carboxylic acids is 1. The van der Waals surface area contributed by atoms with Crippen LogP contribution < -0.4 is 0 Å². The molecule has 0 bridgehead atoms. The molecule has 0 rings (SSSR count). The molecule has 1 atom stereocenters. The Balaban J connectivity index is 4.24. The van der Waals surface area contributed by atoms with E-state index in [1.807, 2.05) is 12.3 Å². The van der Waals surface area contributed by atoms with Crippen molar-refractivity contribution in [3.63, 3.8) is 0 Å². The van der Waals surface area contributed by atoms with E-state index in [4.69, 9.17) is 10.4 Å². The predicted octanol–water partition coefficient (Wildman–Crippen LogP) is 3.40. The molecule has 0 aromatic heterocycles. The van der Waals surface area contributed by atoms with Gasteiger partial charge in [-0.25, -0.2) is 0 Å². The second-order valence-corrected chi connectivity index (χ2v) is 4.83. The van der Waals surface area contributed by atoms with Crippen LogP contribution in [0, 0.1) is 10.7 Å². The number of thiocyanates is 1. The van der Waals surface area contributed by atoms with E-state index in [1.165, 1.54) is 0 Å². The van der Waals surface area contributed by atoms with Gasteiger partial charge in [-0.1, -0.05) is 39.5 Å². The summed E-state index contributed by atoms with van der Waals surface area (Å²) in [5, 5.41) is 19.7. The highest BCUT2D eigenvalue weighted by Crippen LogP contribution is 2.34. The minimum atomic E-state index is -0.886. The SMILES string of the molecule is CCCCCCC(CC)(SC#N)C(=O)O. The number of carbonyl (C=O) groups is 1. The molecule has 1 unspecified atom stereocenters. The van der Waals surface area contributed by atoms with Gasteiger partial charge in [-0.05, 0) is 24.6 Å². The zero-order valence-electron chi connectivity index (χ0n) is 9.45. The average Bonchev–Trinajstić information content (AvgIpc) is 2.22. The zero-order chi connectivity index (χ0) is 11.7. The van der Waals surface area contributed by atoms with Gasteiger partial charge in [0.2, 0.25) is 0 Å². The first kappa shape index (κ1) is 14.3. The van der Waals surface area contributed by atoms with Crippen LogP contribution in [-0.4, -0.2) is 15.8 Å². The fourth-order valence-electron chi connectivity index (χ4n) is 1.53. The van der Waals surface area contributed by atoms with Gasteiger partial charge >= 0.3 is 5.97 Å². The van der Waals surface area contributed by atoms with Crippen LogP contribution in [-0.2, 0) is 4.79 Å². The van der Waals surface area contributed by atoms with Gasteiger partial charge in [-0.15, -0.1) is 0 Å². The summed E-state index contributed by atoms with van der Waals surface area (Å²) in [7, 11) is 0. The van der Waals surface area contributed by atoms with Gasteiger partial charge in [0.15, 0.2) is 0 Å². The fraction of sp³-hybridized carbons (Fsp3) is 0.818. The third-order valence-electron chi connectivity index (χ3n) is 2.64. The smallest absolute Gasteiger partial charge is 0.320 e. The maximum absolute atomic E-state index is 11.1. The fourth-order valence-corrected chi connectivity index (χ4v) is 2.18. The van der Waals surface area contributed by atoms with Crippen molar-refractivity contribution in [2.75, 3.05) is 0 Å². The molecule has 0 spiro atoms. The molecule has 0 heterocycles. The Labute approximate surface area is 95.9 Å². The molecule has 86 valence electrons. The van der Waals surface area contributed by atoms with Gasteiger partial charge in [0, 0.05) is 0 Å². The minimum absolute atomic E-state index is 0.507. The molecule has 4 heteroatoms. The maximum Gasteiger partial charge on any atom is 0.320 e. The van der Waals surface area contributed by atoms with Crippen LogP contribution in [0.25, 0.3) is 0 Å². The van der Waals surface area contributed by atoms with Crippen molar-refractivity contribution in [1.82, 2.24) is 0 Å². The zero-order valence-corrected chi connectivity index (χ0v) is 10.3. The lowest BCUT2D eigenvalue weighted by Gasteiger charge is -2.23. The number of hydrogen-bond acceptors (Lipinski definition) is 3. The van der Waals surface area contributed by atoms with Crippen LogP contribution >= 0.6 is 11.8 Å². The molecule has 1 N–H and O–H groups in total. The topological polar surface area (TPSA) is 61.1 Å². The van der Waals surface area contributed by atoms with Crippen LogP contribution in [0.1, 0.15) is 52.4 Å². The molecule has 0 radical (unpaired) electrons. The normalized spacial score (nSPS) is 14.2. The number of thioether (sulfide) groups is 1. The summed E-state index contributed by atoms with van der Waals surface area (Å²) in [6.07, 6.45) is 5.32. The molecular formula is C11H19NO2S. The van der Waals surface area contributed by atoms with E-state index in [0.717, 1.165) is 37.4 Å². The first-order valence-electron chi connectivity index (χ1n) is 5.43. The van der Waals surface area contributed by atoms with Gasteiger partial charge in [0.05, 0.1) is 0 Å². The Morgan fingerprint density at radius 3 is 2.47 bits per heavy atom. The van der Waals surface area contributed by atoms with Gasteiger partial charge in [-0.2, -0.15) is 5.26 Å². The molecule has 0 aliphatic rings. The largest absolute Gasteiger partial charge is 0.480 e. The van der Waals surface area contributed by atoms with Crippen molar-refractivity contribution in [2.45, 2.75) is 57.1 Å². The Morgan fingerprint density at radius 2 is 2.07 bits per heavy atom. The summed E-state index contributed by atoms with van der Waals surface area (Å²) in [6.45, 7) is 3.95. The van der Waals surface area contributed by atoms with E-state index in [9.17, 15) is 4.79 Å². The van der Waals surface area contributed by atoms with Crippen molar-refractivity contribution in [3.8, 4) is 5.40 Å². The first-order valence-corrected chi connectivity index (χ1v) is 6.25. The van der Waals surface area contributed by atoms with Gasteiger partial charge in [0.1, 0.15) is 10.1 Å². The van der Waals surface area contributed by atoms with Crippen molar-refractivity contribution in [2.24, 2.45) is 0 Å².